The normalized spacial score (nSPS) is 11.9. The Hall–Kier alpha value is -5.12. The van der Waals surface area contributed by atoms with Gasteiger partial charge in [-0.25, -0.2) is 9.97 Å². The first-order chi connectivity index (χ1) is 20.4. The second kappa shape index (κ2) is 8.69. The van der Waals surface area contributed by atoms with Gasteiger partial charge in [0.25, 0.3) is 0 Å². The first-order valence-electron chi connectivity index (χ1n) is 13.8. The van der Waals surface area contributed by atoms with E-state index >= 15 is 0 Å². The number of aromatic nitrogens is 2. The zero-order valence-corrected chi connectivity index (χ0v) is 22.8. The molecular weight excluding hydrogens is 516 g/mol. The van der Waals surface area contributed by atoms with Crippen LogP contribution < -0.4 is 0 Å². The highest BCUT2D eigenvalue weighted by molar-refractivity contribution is 7.26. The number of fused-ring (bicyclic) bond motifs is 13. The van der Waals surface area contributed by atoms with Crippen LogP contribution in [0.5, 0.6) is 0 Å². The minimum Gasteiger partial charge on any atom is -0.237 e. The Morgan fingerprint density at radius 3 is 1.83 bits per heavy atom. The molecule has 5 aromatic carbocycles. The van der Waals surface area contributed by atoms with Gasteiger partial charge in [0.1, 0.15) is 0 Å². The topological polar surface area (TPSA) is 25.8 Å². The van der Waals surface area contributed by atoms with E-state index in [2.05, 4.69) is 120 Å². The zero-order chi connectivity index (χ0) is 26.9. The Balaban J connectivity index is 1.46. The molecule has 0 saturated carbocycles. The van der Waals surface area contributed by atoms with E-state index in [9.17, 15) is 0 Å². The van der Waals surface area contributed by atoms with E-state index in [1.807, 2.05) is 29.8 Å². The van der Waals surface area contributed by atoms with Crippen LogP contribution in [0.2, 0.25) is 0 Å². The van der Waals surface area contributed by atoms with Crippen molar-refractivity contribution in [1.29, 1.82) is 0 Å². The van der Waals surface area contributed by atoms with E-state index in [1.165, 1.54) is 70.2 Å². The molecule has 3 aromatic heterocycles. The van der Waals surface area contributed by atoms with Gasteiger partial charge in [0.15, 0.2) is 5.65 Å². The van der Waals surface area contributed by atoms with Crippen LogP contribution in [0, 0.1) is 0 Å². The number of thiophene rings is 1. The highest BCUT2D eigenvalue weighted by Gasteiger charge is 2.26. The van der Waals surface area contributed by atoms with E-state index < -0.39 is 0 Å². The van der Waals surface area contributed by atoms with Crippen LogP contribution in [0.3, 0.4) is 0 Å². The highest BCUT2D eigenvalue weighted by Crippen LogP contribution is 2.52. The number of benzene rings is 5. The molecule has 9 rings (SSSR count). The SMILES string of the molecule is c1ccc2c(c1)-c1cccc(-c3cccc4c3sc3ccccc34)c1-c1ccccc1-c1c-2cnc2ncccc12. The number of rotatable bonds is 1. The van der Waals surface area contributed by atoms with Crippen molar-refractivity contribution in [2.75, 3.05) is 0 Å². The minimum atomic E-state index is 0.766. The van der Waals surface area contributed by atoms with Gasteiger partial charge >= 0.3 is 0 Å². The molecule has 1 aliphatic carbocycles. The highest BCUT2D eigenvalue weighted by atomic mass is 32.1. The van der Waals surface area contributed by atoms with Gasteiger partial charge < -0.3 is 0 Å². The summed E-state index contributed by atoms with van der Waals surface area (Å²) in [6, 6.07) is 44.1. The van der Waals surface area contributed by atoms with Crippen molar-refractivity contribution < 1.29 is 0 Å². The predicted octanol–water partition coefficient (Wildman–Crippen LogP) is 10.6. The average molecular weight is 539 g/mol. The molecule has 1 aliphatic rings. The molecule has 0 aliphatic heterocycles. The Kier molecular flexibility index (Phi) is 4.80. The molecule has 0 atom stereocenters. The van der Waals surface area contributed by atoms with Crippen LogP contribution in [-0.2, 0) is 0 Å². The second-order valence-electron chi connectivity index (χ2n) is 10.5. The Bertz CT molecular complexity index is 2330. The van der Waals surface area contributed by atoms with Crippen molar-refractivity contribution in [2.24, 2.45) is 0 Å². The summed E-state index contributed by atoms with van der Waals surface area (Å²) in [6.07, 6.45) is 3.83. The lowest BCUT2D eigenvalue weighted by atomic mass is 9.78. The number of nitrogens with zero attached hydrogens (tertiary/aromatic N) is 2. The van der Waals surface area contributed by atoms with Crippen molar-refractivity contribution in [2.45, 2.75) is 0 Å². The number of hydrogen-bond acceptors (Lipinski definition) is 3. The fraction of sp³-hybridized carbons (Fsp3) is 0. The van der Waals surface area contributed by atoms with Gasteiger partial charge in [0, 0.05) is 54.6 Å². The van der Waals surface area contributed by atoms with Crippen LogP contribution in [0.15, 0.2) is 134 Å². The summed E-state index contributed by atoms with van der Waals surface area (Å²) in [5.41, 5.74) is 12.9. The maximum Gasteiger partial charge on any atom is 0.159 e. The van der Waals surface area contributed by atoms with Gasteiger partial charge in [-0.1, -0.05) is 103 Å². The molecule has 0 fully saturated rings. The number of hydrogen-bond donors (Lipinski definition) is 0. The van der Waals surface area contributed by atoms with Gasteiger partial charge in [-0.2, -0.15) is 0 Å². The van der Waals surface area contributed by atoms with E-state index in [4.69, 9.17) is 4.98 Å². The molecule has 190 valence electrons. The Morgan fingerprint density at radius 1 is 0.390 bits per heavy atom. The first-order valence-corrected chi connectivity index (χ1v) is 14.7. The Labute approximate surface area is 241 Å². The third kappa shape index (κ3) is 3.24. The maximum absolute atomic E-state index is 4.80. The second-order valence-corrected chi connectivity index (χ2v) is 11.6. The molecular formula is C38H22N2S. The van der Waals surface area contributed by atoms with E-state index in [1.54, 1.807) is 0 Å². The lowest BCUT2D eigenvalue weighted by Crippen LogP contribution is -2.00. The molecule has 2 nitrogen and oxygen atoms in total. The van der Waals surface area contributed by atoms with Gasteiger partial charge in [-0.05, 0) is 57.1 Å². The summed E-state index contributed by atoms with van der Waals surface area (Å²) >= 11 is 1.88. The molecule has 41 heavy (non-hydrogen) atoms. The quantitative estimate of drug-likeness (QED) is 0.208. The van der Waals surface area contributed by atoms with Crippen molar-refractivity contribution in [1.82, 2.24) is 9.97 Å². The maximum atomic E-state index is 4.80. The molecule has 3 heteroatoms. The molecule has 0 N–H and O–H groups in total. The summed E-state index contributed by atoms with van der Waals surface area (Å²) in [6.45, 7) is 0. The minimum absolute atomic E-state index is 0.766. The fourth-order valence-corrected chi connectivity index (χ4v) is 7.88. The lowest BCUT2D eigenvalue weighted by Gasteiger charge is -2.25. The van der Waals surface area contributed by atoms with Gasteiger partial charge in [0.05, 0.1) is 0 Å². The van der Waals surface area contributed by atoms with E-state index in [0.717, 1.165) is 16.6 Å². The molecule has 0 bridgehead atoms. The van der Waals surface area contributed by atoms with Crippen molar-refractivity contribution >= 4 is 42.5 Å². The molecule has 8 aromatic rings. The zero-order valence-electron chi connectivity index (χ0n) is 22.0. The van der Waals surface area contributed by atoms with Crippen molar-refractivity contribution in [3.05, 3.63) is 134 Å². The number of pyridine rings is 2. The van der Waals surface area contributed by atoms with Crippen LogP contribution in [-0.4, -0.2) is 9.97 Å². The molecule has 0 amide bonds. The molecule has 0 radical (unpaired) electrons. The van der Waals surface area contributed by atoms with E-state index in [-0.39, 0.29) is 0 Å². The molecule has 0 unspecified atom stereocenters. The van der Waals surface area contributed by atoms with Crippen molar-refractivity contribution in [3.63, 3.8) is 0 Å². The van der Waals surface area contributed by atoms with E-state index in [0.29, 0.717) is 0 Å². The summed E-state index contributed by atoms with van der Waals surface area (Å²) < 4.78 is 2.65. The monoisotopic (exact) mass is 538 g/mol. The standard InChI is InChI=1S/C38H22N2S/c1-2-11-24-23(10-1)26-15-7-16-29(31-18-8-17-30-25-12-5-6-20-34(25)41-37(30)31)35(26)27-13-3-4-14-28(27)36-32-19-9-21-39-38(32)40-22-33(24)36/h1-22H. The largest absolute Gasteiger partial charge is 0.237 e. The smallest absolute Gasteiger partial charge is 0.159 e. The summed E-state index contributed by atoms with van der Waals surface area (Å²) in [4.78, 5) is 9.43. The van der Waals surface area contributed by atoms with Gasteiger partial charge in [-0.3, -0.25) is 0 Å². The average Bonchev–Trinajstić information content (AvgIpc) is 3.42. The molecule has 3 heterocycles. The fourth-order valence-electron chi connectivity index (χ4n) is 6.65. The van der Waals surface area contributed by atoms with Crippen LogP contribution >= 0.6 is 11.3 Å². The Morgan fingerprint density at radius 2 is 0.976 bits per heavy atom. The third-order valence-electron chi connectivity index (χ3n) is 8.37. The molecule has 0 spiro atoms. The van der Waals surface area contributed by atoms with Gasteiger partial charge in [-0.15, -0.1) is 11.3 Å². The predicted molar refractivity (Wildman–Crippen MR) is 173 cm³/mol. The summed E-state index contributed by atoms with van der Waals surface area (Å²) in [7, 11) is 0. The molecule has 0 saturated heterocycles. The lowest BCUT2D eigenvalue weighted by molar-refractivity contribution is 1.29. The van der Waals surface area contributed by atoms with Crippen LogP contribution in [0.1, 0.15) is 0 Å². The van der Waals surface area contributed by atoms with Crippen molar-refractivity contribution in [3.8, 4) is 55.6 Å². The third-order valence-corrected chi connectivity index (χ3v) is 9.59. The summed E-state index contributed by atoms with van der Waals surface area (Å²) in [5.74, 6) is 0. The van der Waals surface area contributed by atoms with Crippen LogP contribution in [0.25, 0.3) is 86.8 Å². The van der Waals surface area contributed by atoms with Crippen LogP contribution in [0.4, 0.5) is 0 Å². The summed E-state index contributed by atoms with van der Waals surface area (Å²) in [5, 5.41) is 3.70. The van der Waals surface area contributed by atoms with Gasteiger partial charge in [0.2, 0.25) is 0 Å². The first kappa shape index (κ1) is 22.7.